The Balaban J connectivity index is 1.65. The third kappa shape index (κ3) is 3.93. The molecule has 1 N–H and O–H groups in total. The predicted molar refractivity (Wildman–Crippen MR) is 96.0 cm³/mol. The van der Waals surface area contributed by atoms with E-state index in [1.807, 2.05) is 42.2 Å². The number of aliphatic hydroxyl groups is 1. The van der Waals surface area contributed by atoms with Crippen LogP contribution in [0.2, 0.25) is 0 Å². The molecule has 1 saturated heterocycles. The number of carbonyl (C=O) groups excluding carboxylic acids is 1. The van der Waals surface area contributed by atoms with Crippen LogP contribution >= 0.6 is 0 Å². The Labute approximate surface area is 148 Å². The first-order valence-electron chi connectivity index (χ1n) is 8.90. The molecule has 5 heteroatoms. The van der Waals surface area contributed by atoms with Gasteiger partial charge in [-0.25, -0.2) is 4.98 Å². The van der Waals surface area contributed by atoms with E-state index in [4.69, 9.17) is 4.42 Å². The largest absolute Gasteiger partial charge is 0.440 e. The Hall–Kier alpha value is -2.14. The summed E-state index contributed by atoms with van der Waals surface area (Å²) in [5, 5.41) is 10.3. The van der Waals surface area contributed by atoms with Gasteiger partial charge in [-0.3, -0.25) is 4.79 Å². The van der Waals surface area contributed by atoms with E-state index < -0.39 is 5.60 Å². The molecule has 0 saturated carbocycles. The van der Waals surface area contributed by atoms with Crippen LogP contribution in [0.15, 0.2) is 34.7 Å². The molecule has 1 aliphatic rings. The lowest BCUT2D eigenvalue weighted by atomic mass is 9.96. The van der Waals surface area contributed by atoms with E-state index in [1.165, 1.54) is 0 Å². The maximum absolute atomic E-state index is 12.6. The number of nitrogens with zero attached hydrogens (tertiary/aromatic N) is 2. The fourth-order valence-electron chi connectivity index (χ4n) is 3.57. The number of hydrogen-bond acceptors (Lipinski definition) is 4. The Morgan fingerprint density at radius 2 is 2.08 bits per heavy atom. The molecule has 0 aliphatic carbocycles. The van der Waals surface area contributed by atoms with Crippen molar-refractivity contribution in [1.29, 1.82) is 0 Å². The number of hydrogen-bond donors (Lipinski definition) is 1. The van der Waals surface area contributed by atoms with Crippen molar-refractivity contribution in [2.75, 3.05) is 6.54 Å². The lowest BCUT2D eigenvalue weighted by molar-refractivity contribution is -0.136. The van der Waals surface area contributed by atoms with E-state index >= 15 is 0 Å². The van der Waals surface area contributed by atoms with Gasteiger partial charge < -0.3 is 14.4 Å². The van der Waals surface area contributed by atoms with E-state index in [2.05, 4.69) is 4.98 Å². The van der Waals surface area contributed by atoms with Crippen LogP contribution in [-0.2, 0) is 11.2 Å². The number of likely N-dealkylation sites (tertiary alicyclic amines) is 1. The Morgan fingerprint density at radius 3 is 2.76 bits per heavy atom. The molecule has 134 valence electrons. The van der Waals surface area contributed by atoms with Crippen LogP contribution in [-0.4, -0.2) is 39.1 Å². The topological polar surface area (TPSA) is 66.6 Å². The standard InChI is InChI=1S/C20H26N2O3/c1-14-19(15-8-5-4-6-9-15)25-17(21-14)11-12-18(23)22-13-7-10-16(22)20(2,3)24/h4-6,8-9,16,24H,7,10-13H2,1-3H3. The molecule has 1 fully saturated rings. The summed E-state index contributed by atoms with van der Waals surface area (Å²) in [5.74, 6) is 1.41. The summed E-state index contributed by atoms with van der Waals surface area (Å²) >= 11 is 0. The number of oxazole rings is 1. The maximum atomic E-state index is 12.6. The highest BCUT2D eigenvalue weighted by Crippen LogP contribution is 2.28. The number of aryl methyl sites for hydroxylation is 2. The molecule has 0 bridgehead atoms. The van der Waals surface area contributed by atoms with Gasteiger partial charge in [-0.2, -0.15) is 0 Å². The van der Waals surface area contributed by atoms with E-state index in [0.717, 1.165) is 29.9 Å². The fourth-order valence-corrected chi connectivity index (χ4v) is 3.57. The smallest absolute Gasteiger partial charge is 0.223 e. The fraction of sp³-hybridized carbons (Fsp3) is 0.500. The first kappa shape index (κ1) is 17.7. The van der Waals surface area contributed by atoms with Gasteiger partial charge in [0, 0.05) is 24.9 Å². The van der Waals surface area contributed by atoms with Crippen molar-refractivity contribution in [3.8, 4) is 11.3 Å². The Bertz CT molecular complexity index is 731. The first-order chi connectivity index (χ1) is 11.9. The Morgan fingerprint density at radius 1 is 1.36 bits per heavy atom. The summed E-state index contributed by atoms with van der Waals surface area (Å²) in [6, 6.07) is 9.76. The highest BCUT2D eigenvalue weighted by atomic mass is 16.4. The lowest BCUT2D eigenvalue weighted by Crippen LogP contribution is -2.48. The summed E-state index contributed by atoms with van der Waals surface area (Å²) < 4.78 is 5.88. The van der Waals surface area contributed by atoms with E-state index in [-0.39, 0.29) is 11.9 Å². The van der Waals surface area contributed by atoms with Crippen molar-refractivity contribution in [1.82, 2.24) is 9.88 Å². The van der Waals surface area contributed by atoms with Crippen LogP contribution in [0.25, 0.3) is 11.3 Å². The van der Waals surface area contributed by atoms with Gasteiger partial charge in [-0.15, -0.1) is 0 Å². The summed E-state index contributed by atoms with van der Waals surface area (Å²) in [4.78, 5) is 18.9. The minimum atomic E-state index is -0.869. The second-order valence-electron chi connectivity index (χ2n) is 7.29. The molecule has 2 heterocycles. The van der Waals surface area contributed by atoms with Gasteiger partial charge in [0.05, 0.1) is 17.3 Å². The van der Waals surface area contributed by atoms with Crippen LogP contribution < -0.4 is 0 Å². The molecule has 1 amide bonds. The zero-order chi connectivity index (χ0) is 18.0. The number of rotatable bonds is 5. The van der Waals surface area contributed by atoms with Gasteiger partial charge in [0.15, 0.2) is 11.7 Å². The molecule has 5 nitrogen and oxygen atoms in total. The van der Waals surface area contributed by atoms with E-state index in [0.29, 0.717) is 25.3 Å². The van der Waals surface area contributed by atoms with Gasteiger partial charge in [0.1, 0.15) is 0 Å². The van der Waals surface area contributed by atoms with Crippen LogP contribution in [0.4, 0.5) is 0 Å². The zero-order valence-electron chi connectivity index (χ0n) is 15.2. The van der Waals surface area contributed by atoms with Crippen molar-refractivity contribution >= 4 is 5.91 Å². The quantitative estimate of drug-likeness (QED) is 0.905. The van der Waals surface area contributed by atoms with Gasteiger partial charge in [-0.05, 0) is 33.6 Å². The Kier molecular flexibility index (Phi) is 4.95. The second kappa shape index (κ2) is 7.00. The van der Waals surface area contributed by atoms with Gasteiger partial charge in [0.2, 0.25) is 5.91 Å². The van der Waals surface area contributed by atoms with Gasteiger partial charge >= 0.3 is 0 Å². The van der Waals surface area contributed by atoms with Crippen LogP contribution in [0.1, 0.15) is 44.7 Å². The summed E-state index contributed by atoms with van der Waals surface area (Å²) in [5.41, 5.74) is 0.961. The normalized spacial score (nSPS) is 17.9. The van der Waals surface area contributed by atoms with Gasteiger partial charge in [0.25, 0.3) is 0 Å². The first-order valence-corrected chi connectivity index (χ1v) is 8.90. The van der Waals surface area contributed by atoms with Crippen molar-refractivity contribution in [3.63, 3.8) is 0 Å². The molecule has 3 rings (SSSR count). The highest BCUT2D eigenvalue weighted by Gasteiger charge is 2.38. The van der Waals surface area contributed by atoms with Crippen LogP contribution in [0, 0.1) is 6.92 Å². The molecule has 1 aliphatic heterocycles. The van der Waals surface area contributed by atoms with Crippen molar-refractivity contribution in [2.24, 2.45) is 0 Å². The molecular weight excluding hydrogens is 316 g/mol. The number of carbonyl (C=O) groups is 1. The molecule has 1 aromatic heterocycles. The maximum Gasteiger partial charge on any atom is 0.223 e. The van der Waals surface area contributed by atoms with E-state index in [1.54, 1.807) is 13.8 Å². The lowest BCUT2D eigenvalue weighted by Gasteiger charge is -2.33. The van der Waals surface area contributed by atoms with Gasteiger partial charge in [-0.1, -0.05) is 30.3 Å². The molecule has 25 heavy (non-hydrogen) atoms. The third-order valence-electron chi connectivity index (χ3n) is 4.82. The third-order valence-corrected chi connectivity index (χ3v) is 4.82. The number of amides is 1. The molecule has 2 aromatic rings. The van der Waals surface area contributed by atoms with Crippen LogP contribution in [0.3, 0.4) is 0 Å². The van der Waals surface area contributed by atoms with Crippen LogP contribution in [0.5, 0.6) is 0 Å². The SMILES string of the molecule is Cc1nc(CCC(=O)N2CCCC2C(C)(C)O)oc1-c1ccccc1. The molecule has 0 radical (unpaired) electrons. The predicted octanol–water partition coefficient (Wildman–Crippen LogP) is 3.34. The molecule has 1 aromatic carbocycles. The van der Waals surface area contributed by atoms with Crippen molar-refractivity contribution in [3.05, 3.63) is 41.9 Å². The highest BCUT2D eigenvalue weighted by molar-refractivity contribution is 5.77. The second-order valence-corrected chi connectivity index (χ2v) is 7.29. The average Bonchev–Trinajstić information content (AvgIpc) is 3.20. The number of aromatic nitrogens is 1. The zero-order valence-corrected chi connectivity index (χ0v) is 15.2. The monoisotopic (exact) mass is 342 g/mol. The summed E-state index contributed by atoms with van der Waals surface area (Å²) in [6.45, 7) is 6.18. The van der Waals surface area contributed by atoms with Crippen molar-refractivity contribution in [2.45, 2.75) is 58.1 Å². The minimum absolute atomic E-state index is 0.0572. The van der Waals surface area contributed by atoms with Crippen molar-refractivity contribution < 1.29 is 14.3 Å². The van der Waals surface area contributed by atoms with E-state index in [9.17, 15) is 9.90 Å². The molecular formula is C20H26N2O3. The minimum Gasteiger partial charge on any atom is -0.440 e. The summed E-state index contributed by atoms with van der Waals surface area (Å²) in [7, 11) is 0. The summed E-state index contributed by atoms with van der Waals surface area (Å²) in [6.07, 6.45) is 2.62. The molecule has 1 unspecified atom stereocenters. The average molecular weight is 342 g/mol. The number of benzene rings is 1. The molecule has 0 spiro atoms. The molecule has 1 atom stereocenters.